The predicted octanol–water partition coefficient (Wildman–Crippen LogP) is 5.71. The lowest BCUT2D eigenvalue weighted by Crippen LogP contribution is -2.42. The number of pyridine rings is 1. The van der Waals surface area contributed by atoms with Gasteiger partial charge in [0.2, 0.25) is 5.91 Å². The number of nitrogens with zero attached hydrogens (tertiary/aromatic N) is 1. The summed E-state index contributed by atoms with van der Waals surface area (Å²) in [4.78, 5) is 30.6. The Kier molecular flexibility index (Phi) is 8.07. The van der Waals surface area contributed by atoms with E-state index < -0.39 is 20.1 Å². The molecule has 7 heteroatoms. The van der Waals surface area contributed by atoms with E-state index in [4.69, 9.17) is 9.72 Å². The molecule has 2 N–H and O–H groups in total. The molecule has 1 aliphatic carbocycles. The van der Waals surface area contributed by atoms with Gasteiger partial charge in [-0.3, -0.25) is 4.79 Å². The van der Waals surface area contributed by atoms with Crippen LogP contribution in [0.25, 0.3) is 11.1 Å². The van der Waals surface area contributed by atoms with E-state index in [0.29, 0.717) is 5.82 Å². The Hall–Kier alpha value is -4.80. The molecule has 0 unspecified atom stereocenters. The summed E-state index contributed by atoms with van der Waals surface area (Å²) in [5, 5.41) is 7.86. The number of aromatic nitrogens is 1. The Morgan fingerprint density at radius 3 is 1.88 bits per heavy atom. The minimum Gasteiger partial charge on any atom is -0.449 e. The summed E-state index contributed by atoms with van der Waals surface area (Å²) >= 11 is 0. The van der Waals surface area contributed by atoms with Crippen LogP contribution < -0.4 is 26.7 Å². The molecule has 1 aromatic heterocycles. The predicted molar refractivity (Wildman–Crippen MR) is 169 cm³/mol. The number of alkyl carbamates (subject to hydrolysis) is 1. The molecule has 4 aromatic carbocycles. The lowest BCUT2D eigenvalue weighted by atomic mass is 9.98. The summed E-state index contributed by atoms with van der Waals surface area (Å²) in [6.07, 6.45) is -0.641. The Bertz CT molecular complexity index is 1630. The molecule has 2 amide bonds. The van der Waals surface area contributed by atoms with Gasteiger partial charge < -0.3 is 15.4 Å². The zero-order chi connectivity index (χ0) is 28.9. The molecule has 0 bridgehead atoms. The van der Waals surface area contributed by atoms with Gasteiger partial charge in [0.15, 0.2) is 0 Å². The van der Waals surface area contributed by atoms with Crippen molar-refractivity contribution < 1.29 is 14.3 Å². The van der Waals surface area contributed by atoms with Crippen LogP contribution in [0.15, 0.2) is 127 Å². The van der Waals surface area contributed by atoms with Crippen molar-refractivity contribution in [2.24, 2.45) is 0 Å². The fourth-order valence-electron chi connectivity index (χ4n) is 5.30. The lowest BCUT2D eigenvalue weighted by Gasteiger charge is -2.19. The fourth-order valence-corrected chi connectivity index (χ4v) is 7.51. The van der Waals surface area contributed by atoms with Crippen molar-refractivity contribution in [2.75, 3.05) is 11.9 Å². The minimum absolute atomic E-state index is 0.0525. The van der Waals surface area contributed by atoms with E-state index in [0.717, 1.165) is 27.7 Å². The van der Waals surface area contributed by atoms with Gasteiger partial charge >= 0.3 is 6.09 Å². The van der Waals surface area contributed by atoms with Gasteiger partial charge in [-0.1, -0.05) is 115 Å². The highest BCUT2D eigenvalue weighted by Crippen LogP contribution is 2.44. The van der Waals surface area contributed by atoms with Crippen LogP contribution in [0.2, 0.25) is 0 Å². The van der Waals surface area contributed by atoms with Gasteiger partial charge in [0.05, 0.1) is 5.44 Å². The summed E-state index contributed by atoms with van der Waals surface area (Å²) in [6.45, 7) is 1.81. The van der Waals surface area contributed by atoms with Crippen molar-refractivity contribution in [3.05, 3.63) is 139 Å². The normalized spacial score (nSPS) is 12.7. The fraction of sp³-hybridized carbons (Fsp3) is 0.114. The SMILES string of the molecule is C[C@H](NC(=O)OCC1c2ccccc2-c2ccccc21)C(=O)Nc1cccc(P(c2ccccc2)c2ccccc2)n1. The summed E-state index contributed by atoms with van der Waals surface area (Å²) in [5.74, 6) is -0.00158. The van der Waals surface area contributed by atoms with Crippen molar-refractivity contribution in [3.63, 3.8) is 0 Å². The zero-order valence-corrected chi connectivity index (χ0v) is 24.0. The number of amides is 2. The second-order valence-corrected chi connectivity index (χ2v) is 12.2. The monoisotopic (exact) mass is 571 g/mol. The molecule has 208 valence electrons. The molecule has 6 nitrogen and oxygen atoms in total. The molecular weight excluding hydrogens is 541 g/mol. The highest BCUT2D eigenvalue weighted by atomic mass is 31.1. The van der Waals surface area contributed by atoms with Gasteiger partial charge in [0, 0.05) is 13.8 Å². The molecular formula is C35H30N3O3P. The van der Waals surface area contributed by atoms with E-state index in [1.165, 1.54) is 10.6 Å². The molecule has 6 rings (SSSR count). The van der Waals surface area contributed by atoms with Gasteiger partial charge in [0.25, 0.3) is 0 Å². The van der Waals surface area contributed by atoms with Crippen molar-refractivity contribution >= 4 is 41.8 Å². The third kappa shape index (κ3) is 5.81. The number of rotatable bonds is 8. The number of ether oxygens (including phenoxy) is 1. The van der Waals surface area contributed by atoms with E-state index in [9.17, 15) is 9.59 Å². The molecule has 42 heavy (non-hydrogen) atoms. The van der Waals surface area contributed by atoms with Crippen LogP contribution >= 0.6 is 7.92 Å². The molecule has 5 aromatic rings. The number of anilines is 1. The standard InChI is InChI=1S/C35H30N3O3P/c1-24(36-35(40)41-23-31-29-19-10-8-17-27(29)28-18-9-11-20-30(28)31)34(39)38-32-21-12-22-33(37-32)42(25-13-4-2-5-14-25)26-15-6-3-7-16-26/h2-22,24,31H,23H2,1H3,(H,36,40)(H,37,38,39)/t24-/m0/s1. The van der Waals surface area contributed by atoms with Crippen LogP contribution in [0.5, 0.6) is 0 Å². The third-order valence-electron chi connectivity index (χ3n) is 7.31. The molecule has 0 spiro atoms. The van der Waals surface area contributed by atoms with Gasteiger partial charge in [0.1, 0.15) is 18.5 Å². The van der Waals surface area contributed by atoms with Crippen LogP contribution in [0.1, 0.15) is 24.0 Å². The van der Waals surface area contributed by atoms with Crippen LogP contribution in [-0.2, 0) is 9.53 Å². The molecule has 0 aliphatic heterocycles. The lowest BCUT2D eigenvalue weighted by molar-refractivity contribution is -0.117. The Labute approximate surface area is 246 Å². The summed E-state index contributed by atoms with van der Waals surface area (Å²) in [7, 11) is -0.915. The number of nitrogens with one attached hydrogen (secondary N) is 2. The molecule has 0 saturated carbocycles. The number of hydrogen-bond acceptors (Lipinski definition) is 4. The van der Waals surface area contributed by atoms with Crippen LogP contribution in [0.3, 0.4) is 0 Å². The first-order chi connectivity index (χ1) is 20.6. The molecule has 1 atom stereocenters. The van der Waals surface area contributed by atoms with Gasteiger partial charge in [-0.2, -0.15) is 0 Å². The Morgan fingerprint density at radius 1 is 0.738 bits per heavy atom. The highest BCUT2D eigenvalue weighted by molar-refractivity contribution is 7.79. The van der Waals surface area contributed by atoms with E-state index in [1.807, 2.05) is 72.8 Å². The van der Waals surface area contributed by atoms with Crippen molar-refractivity contribution in [1.29, 1.82) is 0 Å². The highest BCUT2D eigenvalue weighted by Gasteiger charge is 2.29. The van der Waals surface area contributed by atoms with Gasteiger partial charge in [-0.05, 0) is 51.9 Å². The van der Waals surface area contributed by atoms with E-state index in [-0.39, 0.29) is 18.4 Å². The van der Waals surface area contributed by atoms with Crippen LogP contribution in [0, 0.1) is 0 Å². The molecule has 0 radical (unpaired) electrons. The van der Waals surface area contributed by atoms with Crippen molar-refractivity contribution in [1.82, 2.24) is 10.3 Å². The summed E-state index contributed by atoms with van der Waals surface area (Å²) < 4.78 is 5.62. The number of benzene rings is 4. The topological polar surface area (TPSA) is 80.3 Å². The largest absolute Gasteiger partial charge is 0.449 e. The van der Waals surface area contributed by atoms with Gasteiger partial charge in [-0.15, -0.1) is 0 Å². The van der Waals surface area contributed by atoms with E-state index >= 15 is 0 Å². The molecule has 0 saturated heterocycles. The first kappa shape index (κ1) is 27.4. The molecule has 1 aliphatic rings. The van der Waals surface area contributed by atoms with E-state index in [1.54, 1.807) is 13.0 Å². The molecule has 0 fully saturated rings. The number of carbonyl (C=O) groups is 2. The maximum absolute atomic E-state index is 13.0. The maximum atomic E-state index is 13.0. The average Bonchev–Trinajstić information content (AvgIpc) is 3.35. The first-order valence-corrected chi connectivity index (χ1v) is 15.2. The van der Waals surface area contributed by atoms with Crippen molar-refractivity contribution in [3.8, 4) is 11.1 Å². The average molecular weight is 572 g/mol. The second-order valence-electron chi connectivity index (χ2n) is 10.1. The number of hydrogen-bond donors (Lipinski definition) is 2. The third-order valence-corrected chi connectivity index (χ3v) is 9.65. The smallest absolute Gasteiger partial charge is 0.407 e. The Morgan fingerprint density at radius 2 is 1.29 bits per heavy atom. The Balaban J connectivity index is 1.10. The van der Waals surface area contributed by atoms with Crippen molar-refractivity contribution in [2.45, 2.75) is 18.9 Å². The van der Waals surface area contributed by atoms with E-state index in [2.05, 4.69) is 59.2 Å². The number of carbonyl (C=O) groups excluding carboxylic acids is 2. The maximum Gasteiger partial charge on any atom is 0.407 e. The summed E-state index contributed by atoms with van der Waals surface area (Å²) in [6, 6.07) is 41.7. The zero-order valence-electron chi connectivity index (χ0n) is 23.1. The van der Waals surface area contributed by atoms with Crippen LogP contribution in [-0.4, -0.2) is 29.6 Å². The van der Waals surface area contributed by atoms with Gasteiger partial charge in [-0.25, -0.2) is 9.78 Å². The quantitative estimate of drug-likeness (QED) is 0.234. The number of fused-ring (bicyclic) bond motifs is 3. The molecule has 1 heterocycles. The summed E-state index contributed by atoms with van der Waals surface area (Å²) in [5.41, 5.74) is 5.46. The second kappa shape index (κ2) is 12.4. The first-order valence-electron chi connectivity index (χ1n) is 13.9. The van der Waals surface area contributed by atoms with Crippen LogP contribution in [0.4, 0.5) is 10.6 Å². The minimum atomic E-state index is -0.915.